The van der Waals surface area contributed by atoms with Crippen molar-refractivity contribution in [3.05, 3.63) is 59.7 Å². The zero-order valence-corrected chi connectivity index (χ0v) is 16.5. The topological polar surface area (TPSA) is 93.2 Å². The fourth-order valence-electron chi connectivity index (χ4n) is 2.41. The number of amides is 2. The number of hydrogen-bond donors (Lipinski definition) is 2. The first-order chi connectivity index (χ1) is 13.5. The van der Waals surface area contributed by atoms with Crippen molar-refractivity contribution in [3.8, 4) is 16.3 Å². The molecule has 28 heavy (non-hydrogen) atoms. The number of carbonyl (C=O) groups is 2. The predicted molar refractivity (Wildman–Crippen MR) is 109 cm³/mol. The van der Waals surface area contributed by atoms with Crippen molar-refractivity contribution in [2.45, 2.75) is 19.9 Å². The number of methoxy groups -OCH3 is 1. The second kappa shape index (κ2) is 8.62. The Hall–Kier alpha value is -3.26. The van der Waals surface area contributed by atoms with Gasteiger partial charge in [-0.2, -0.15) is 0 Å². The molecular weight excluding hydrogens is 376 g/mol. The summed E-state index contributed by atoms with van der Waals surface area (Å²) < 4.78 is 5.11. The van der Waals surface area contributed by atoms with Gasteiger partial charge in [0.1, 0.15) is 16.8 Å². The fourth-order valence-corrected chi connectivity index (χ4v) is 3.16. The summed E-state index contributed by atoms with van der Waals surface area (Å²) in [6.07, 6.45) is 0. The highest BCUT2D eigenvalue weighted by Gasteiger charge is 2.19. The molecule has 144 valence electrons. The molecule has 3 rings (SSSR count). The second-order valence-corrected chi connectivity index (χ2v) is 7.17. The molecule has 0 saturated carbocycles. The molecule has 1 atom stereocenters. The van der Waals surface area contributed by atoms with Gasteiger partial charge in [0, 0.05) is 11.1 Å². The third-order valence-corrected chi connectivity index (χ3v) is 4.91. The molecule has 3 aromatic rings. The molecule has 7 nitrogen and oxygen atoms in total. The molecule has 1 aromatic heterocycles. The Labute approximate surface area is 166 Å². The quantitative estimate of drug-likeness (QED) is 0.667. The molecule has 0 saturated heterocycles. The van der Waals surface area contributed by atoms with Crippen molar-refractivity contribution in [1.82, 2.24) is 15.5 Å². The van der Waals surface area contributed by atoms with Gasteiger partial charge in [-0.1, -0.05) is 47.2 Å². The van der Waals surface area contributed by atoms with Crippen LogP contribution < -0.4 is 15.4 Å². The van der Waals surface area contributed by atoms with Crippen molar-refractivity contribution in [3.63, 3.8) is 0 Å². The van der Waals surface area contributed by atoms with E-state index >= 15 is 0 Å². The Morgan fingerprint density at radius 2 is 1.86 bits per heavy atom. The van der Waals surface area contributed by atoms with Gasteiger partial charge in [0.05, 0.1) is 7.11 Å². The average molecular weight is 396 g/mol. The number of hydrogen-bond acceptors (Lipinski definition) is 6. The van der Waals surface area contributed by atoms with Crippen molar-refractivity contribution >= 4 is 28.3 Å². The van der Waals surface area contributed by atoms with Crippen molar-refractivity contribution in [2.75, 3.05) is 12.4 Å². The maximum absolute atomic E-state index is 12.4. The zero-order valence-electron chi connectivity index (χ0n) is 15.7. The minimum absolute atomic E-state index is 0.362. The summed E-state index contributed by atoms with van der Waals surface area (Å²) in [6.45, 7) is 3.62. The van der Waals surface area contributed by atoms with Crippen LogP contribution in [0.5, 0.6) is 5.75 Å². The van der Waals surface area contributed by atoms with Crippen molar-refractivity contribution in [2.24, 2.45) is 0 Å². The molecule has 0 fully saturated rings. The molecule has 2 N–H and O–H groups in total. The SMILES string of the molecule is COc1cccc(C(=O)N[C@H](C)C(=O)Nc2nnc(-c3ccc(C)cc3)s2)c1. The van der Waals surface area contributed by atoms with E-state index in [1.165, 1.54) is 18.4 Å². The van der Waals surface area contributed by atoms with Crippen LogP contribution in [-0.4, -0.2) is 35.2 Å². The van der Waals surface area contributed by atoms with Gasteiger partial charge in [-0.15, -0.1) is 10.2 Å². The number of rotatable bonds is 6. The summed E-state index contributed by atoms with van der Waals surface area (Å²) in [5.74, 6) is -0.163. The summed E-state index contributed by atoms with van der Waals surface area (Å²) in [6, 6.07) is 13.9. The van der Waals surface area contributed by atoms with Gasteiger partial charge in [0.15, 0.2) is 0 Å². The van der Waals surface area contributed by atoms with Crippen molar-refractivity contribution < 1.29 is 14.3 Å². The van der Waals surface area contributed by atoms with E-state index in [2.05, 4.69) is 20.8 Å². The van der Waals surface area contributed by atoms with Crippen LogP contribution in [0, 0.1) is 6.92 Å². The van der Waals surface area contributed by atoms with Crippen LogP contribution in [0.3, 0.4) is 0 Å². The molecule has 8 heteroatoms. The van der Waals surface area contributed by atoms with E-state index in [0.717, 1.165) is 11.1 Å². The number of aromatic nitrogens is 2. The highest BCUT2D eigenvalue weighted by Crippen LogP contribution is 2.26. The molecule has 0 aliphatic carbocycles. The lowest BCUT2D eigenvalue weighted by molar-refractivity contribution is -0.117. The Morgan fingerprint density at radius 3 is 2.57 bits per heavy atom. The smallest absolute Gasteiger partial charge is 0.252 e. The van der Waals surface area contributed by atoms with Crippen molar-refractivity contribution in [1.29, 1.82) is 0 Å². The molecule has 0 aliphatic heterocycles. The molecule has 2 aromatic carbocycles. The number of ether oxygens (including phenoxy) is 1. The molecule has 1 heterocycles. The van der Waals surface area contributed by atoms with Gasteiger partial charge in [0.2, 0.25) is 11.0 Å². The first kappa shape index (κ1) is 19.5. The number of carbonyl (C=O) groups excluding carboxylic acids is 2. The molecular formula is C20H20N4O3S. The summed E-state index contributed by atoms with van der Waals surface area (Å²) in [5, 5.41) is 14.6. The highest BCUT2D eigenvalue weighted by atomic mass is 32.1. The minimum atomic E-state index is -0.745. The first-order valence-corrected chi connectivity index (χ1v) is 9.44. The second-order valence-electron chi connectivity index (χ2n) is 6.19. The third kappa shape index (κ3) is 4.72. The summed E-state index contributed by atoms with van der Waals surface area (Å²) in [4.78, 5) is 24.7. The largest absolute Gasteiger partial charge is 0.497 e. The van der Waals surface area contributed by atoms with Crippen LogP contribution in [0.25, 0.3) is 10.6 Å². The van der Waals surface area contributed by atoms with Gasteiger partial charge in [-0.3, -0.25) is 14.9 Å². The summed E-state index contributed by atoms with van der Waals surface area (Å²) >= 11 is 1.27. The summed E-state index contributed by atoms with van der Waals surface area (Å²) in [5.41, 5.74) is 2.50. The standard InChI is InChI=1S/C20H20N4O3S/c1-12-7-9-14(10-8-12)19-23-24-20(28-19)22-17(25)13(2)21-18(26)15-5-4-6-16(11-15)27-3/h4-11,13H,1-3H3,(H,21,26)(H,22,24,25)/t13-/m1/s1. The van der Waals surface area contributed by atoms with Crippen LogP contribution in [0.1, 0.15) is 22.8 Å². The number of anilines is 1. The van der Waals surface area contributed by atoms with Gasteiger partial charge < -0.3 is 10.1 Å². The zero-order chi connectivity index (χ0) is 20.1. The van der Waals surface area contributed by atoms with E-state index in [1.54, 1.807) is 31.2 Å². The van der Waals surface area contributed by atoms with E-state index in [1.807, 2.05) is 31.2 Å². The predicted octanol–water partition coefficient (Wildman–Crippen LogP) is 3.28. The third-order valence-electron chi connectivity index (χ3n) is 4.03. The highest BCUT2D eigenvalue weighted by molar-refractivity contribution is 7.18. The monoisotopic (exact) mass is 396 g/mol. The van der Waals surface area contributed by atoms with E-state index < -0.39 is 6.04 Å². The van der Waals surface area contributed by atoms with E-state index in [9.17, 15) is 9.59 Å². The number of aryl methyl sites for hydroxylation is 1. The van der Waals surface area contributed by atoms with Gasteiger partial charge in [0.25, 0.3) is 5.91 Å². The summed E-state index contributed by atoms with van der Waals surface area (Å²) in [7, 11) is 1.53. The van der Waals surface area contributed by atoms with Crippen LogP contribution in [-0.2, 0) is 4.79 Å². The van der Waals surface area contributed by atoms with Crippen LogP contribution >= 0.6 is 11.3 Å². The normalized spacial score (nSPS) is 11.5. The average Bonchev–Trinajstić information content (AvgIpc) is 3.16. The molecule has 0 spiro atoms. The minimum Gasteiger partial charge on any atom is -0.497 e. The Bertz CT molecular complexity index is 985. The fraction of sp³-hybridized carbons (Fsp3) is 0.200. The maximum atomic E-state index is 12.4. The van der Waals surface area contributed by atoms with E-state index in [-0.39, 0.29) is 11.8 Å². The Balaban J connectivity index is 1.61. The Morgan fingerprint density at radius 1 is 1.11 bits per heavy atom. The Kier molecular flexibility index (Phi) is 6.00. The van der Waals surface area contributed by atoms with Crippen LogP contribution in [0.15, 0.2) is 48.5 Å². The molecule has 0 radical (unpaired) electrons. The maximum Gasteiger partial charge on any atom is 0.252 e. The van der Waals surface area contributed by atoms with E-state index in [4.69, 9.17) is 4.74 Å². The lowest BCUT2D eigenvalue weighted by Gasteiger charge is -2.13. The van der Waals surface area contributed by atoms with Gasteiger partial charge >= 0.3 is 0 Å². The molecule has 0 bridgehead atoms. The van der Waals surface area contributed by atoms with Crippen LogP contribution in [0.2, 0.25) is 0 Å². The molecule has 2 amide bonds. The lowest BCUT2D eigenvalue weighted by Crippen LogP contribution is -2.41. The number of benzene rings is 2. The molecule has 0 unspecified atom stereocenters. The molecule has 0 aliphatic rings. The van der Waals surface area contributed by atoms with Gasteiger partial charge in [-0.25, -0.2) is 0 Å². The van der Waals surface area contributed by atoms with E-state index in [0.29, 0.717) is 21.5 Å². The van der Waals surface area contributed by atoms with Gasteiger partial charge in [-0.05, 0) is 32.0 Å². The lowest BCUT2D eigenvalue weighted by atomic mass is 10.2. The number of nitrogens with zero attached hydrogens (tertiary/aromatic N) is 2. The first-order valence-electron chi connectivity index (χ1n) is 8.62. The van der Waals surface area contributed by atoms with Crippen LogP contribution in [0.4, 0.5) is 5.13 Å². The number of nitrogens with one attached hydrogen (secondary N) is 2.